The lowest BCUT2D eigenvalue weighted by Gasteiger charge is -2.09. The van der Waals surface area contributed by atoms with Crippen LogP contribution in [0.4, 0.5) is 5.69 Å². The number of rotatable bonds is 4. The first-order valence-electron chi connectivity index (χ1n) is 6.35. The molecule has 2 N–H and O–H groups in total. The largest absolute Gasteiger partial charge is 0.343 e. The molecule has 0 aliphatic heterocycles. The fraction of sp³-hybridized carbons (Fsp3) is 0.125. The summed E-state index contributed by atoms with van der Waals surface area (Å²) in [4.78, 5) is 23.6. The van der Waals surface area contributed by atoms with E-state index in [9.17, 15) is 9.59 Å². The van der Waals surface area contributed by atoms with Crippen molar-refractivity contribution in [3.05, 3.63) is 65.7 Å². The van der Waals surface area contributed by atoms with Crippen LogP contribution in [0.25, 0.3) is 0 Å². The molecule has 4 heteroatoms. The quantitative estimate of drug-likeness (QED) is 0.894. The van der Waals surface area contributed by atoms with E-state index in [1.54, 1.807) is 24.3 Å². The first-order chi connectivity index (χ1) is 9.66. The highest BCUT2D eigenvalue weighted by Crippen LogP contribution is 2.12. The average Bonchev–Trinajstić information content (AvgIpc) is 2.48. The van der Waals surface area contributed by atoms with E-state index in [0.29, 0.717) is 5.56 Å². The van der Waals surface area contributed by atoms with E-state index in [2.05, 4.69) is 10.6 Å². The van der Waals surface area contributed by atoms with Crippen molar-refractivity contribution in [2.24, 2.45) is 0 Å². The number of carbonyl (C=O) groups excluding carboxylic acids is 2. The Morgan fingerprint density at radius 2 is 1.60 bits per heavy atom. The third-order valence-electron chi connectivity index (χ3n) is 2.86. The number of carbonyl (C=O) groups is 2. The number of benzene rings is 2. The molecule has 102 valence electrons. The molecule has 20 heavy (non-hydrogen) atoms. The normalized spacial score (nSPS) is 9.85. The Hall–Kier alpha value is -2.62. The van der Waals surface area contributed by atoms with Crippen LogP contribution in [0.15, 0.2) is 54.6 Å². The SMILES string of the molecule is Cc1ccccc1NC(=O)CNC(=O)c1ccccc1. The third-order valence-corrected chi connectivity index (χ3v) is 2.86. The molecule has 0 heterocycles. The van der Waals surface area contributed by atoms with Crippen LogP contribution in [-0.4, -0.2) is 18.4 Å². The monoisotopic (exact) mass is 268 g/mol. The van der Waals surface area contributed by atoms with Gasteiger partial charge in [0.2, 0.25) is 5.91 Å². The molecule has 0 aliphatic carbocycles. The zero-order valence-corrected chi connectivity index (χ0v) is 11.2. The number of hydrogen-bond donors (Lipinski definition) is 2. The number of aryl methyl sites for hydroxylation is 1. The minimum atomic E-state index is -0.259. The van der Waals surface area contributed by atoms with E-state index >= 15 is 0 Å². The summed E-state index contributed by atoms with van der Waals surface area (Å²) in [6, 6.07) is 16.3. The van der Waals surface area contributed by atoms with Crippen LogP contribution in [0.5, 0.6) is 0 Å². The Morgan fingerprint density at radius 1 is 0.950 bits per heavy atom. The molecule has 0 unspecified atom stereocenters. The summed E-state index contributed by atoms with van der Waals surface area (Å²) in [5.41, 5.74) is 2.28. The molecule has 0 bridgehead atoms. The molecular formula is C16H16N2O2. The maximum Gasteiger partial charge on any atom is 0.251 e. The highest BCUT2D eigenvalue weighted by molar-refractivity contribution is 5.99. The molecule has 2 amide bonds. The topological polar surface area (TPSA) is 58.2 Å². The first-order valence-corrected chi connectivity index (χ1v) is 6.35. The lowest BCUT2D eigenvalue weighted by Crippen LogP contribution is -2.32. The summed E-state index contributed by atoms with van der Waals surface area (Å²) in [5.74, 6) is -0.505. The number of hydrogen-bond acceptors (Lipinski definition) is 2. The fourth-order valence-electron chi connectivity index (χ4n) is 1.76. The van der Waals surface area contributed by atoms with Gasteiger partial charge in [0.15, 0.2) is 0 Å². The smallest absolute Gasteiger partial charge is 0.251 e. The standard InChI is InChI=1S/C16H16N2O2/c1-12-7-5-6-10-14(12)18-15(19)11-17-16(20)13-8-3-2-4-9-13/h2-10H,11H2,1H3,(H,17,20)(H,18,19). The Balaban J connectivity index is 1.87. The van der Waals surface area contributed by atoms with Gasteiger partial charge in [-0.25, -0.2) is 0 Å². The molecule has 0 fully saturated rings. The molecule has 0 spiro atoms. The Kier molecular flexibility index (Phi) is 4.50. The van der Waals surface area contributed by atoms with Gasteiger partial charge < -0.3 is 10.6 Å². The van der Waals surface area contributed by atoms with E-state index in [1.165, 1.54) is 0 Å². The number of para-hydroxylation sites is 1. The molecule has 2 aromatic carbocycles. The molecule has 0 saturated carbocycles. The summed E-state index contributed by atoms with van der Waals surface area (Å²) in [5, 5.41) is 5.35. The summed E-state index contributed by atoms with van der Waals surface area (Å²) in [6.45, 7) is 1.86. The summed E-state index contributed by atoms with van der Waals surface area (Å²) >= 11 is 0. The molecule has 0 atom stereocenters. The molecule has 0 aliphatic rings. The Labute approximate surface area is 117 Å². The molecule has 2 aromatic rings. The van der Waals surface area contributed by atoms with Crippen LogP contribution in [0.1, 0.15) is 15.9 Å². The van der Waals surface area contributed by atoms with Gasteiger partial charge >= 0.3 is 0 Å². The highest BCUT2D eigenvalue weighted by Gasteiger charge is 2.08. The molecule has 0 radical (unpaired) electrons. The van der Waals surface area contributed by atoms with E-state index in [0.717, 1.165) is 11.3 Å². The van der Waals surface area contributed by atoms with E-state index in [4.69, 9.17) is 0 Å². The predicted molar refractivity (Wildman–Crippen MR) is 78.6 cm³/mol. The first kappa shape index (κ1) is 13.8. The Bertz CT molecular complexity index is 609. The maximum absolute atomic E-state index is 11.8. The molecule has 0 aromatic heterocycles. The van der Waals surface area contributed by atoms with Gasteiger partial charge in [-0.1, -0.05) is 36.4 Å². The van der Waals surface area contributed by atoms with Crippen LogP contribution >= 0.6 is 0 Å². The number of amides is 2. The van der Waals surface area contributed by atoms with Crippen LogP contribution in [0.3, 0.4) is 0 Å². The number of nitrogens with one attached hydrogen (secondary N) is 2. The minimum absolute atomic E-state index is 0.0535. The second-order valence-electron chi connectivity index (χ2n) is 4.41. The van der Waals surface area contributed by atoms with E-state index < -0.39 is 0 Å². The lowest BCUT2D eigenvalue weighted by atomic mass is 10.2. The van der Waals surface area contributed by atoms with Gasteiger partial charge in [0, 0.05) is 11.3 Å². The van der Waals surface area contributed by atoms with Gasteiger partial charge in [-0.3, -0.25) is 9.59 Å². The Morgan fingerprint density at radius 3 is 2.30 bits per heavy atom. The van der Waals surface area contributed by atoms with Crippen molar-refractivity contribution in [1.82, 2.24) is 5.32 Å². The van der Waals surface area contributed by atoms with E-state index in [-0.39, 0.29) is 18.4 Å². The van der Waals surface area contributed by atoms with Crippen molar-refractivity contribution >= 4 is 17.5 Å². The fourth-order valence-corrected chi connectivity index (χ4v) is 1.76. The molecule has 0 saturated heterocycles. The van der Waals surface area contributed by atoms with Crippen molar-refractivity contribution in [1.29, 1.82) is 0 Å². The highest BCUT2D eigenvalue weighted by atomic mass is 16.2. The second kappa shape index (κ2) is 6.52. The minimum Gasteiger partial charge on any atom is -0.343 e. The third kappa shape index (κ3) is 3.68. The molecule has 2 rings (SSSR count). The van der Waals surface area contributed by atoms with Gasteiger partial charge in [0.25, 0.3) is 5.91 Å². The van der Waals surface area contributed by atoms with Crippen LogP contribution in [0, 0.1) is 6.92 Å². The van der Waals surface area contributed by atoms with Crippen molar-refractivity contribution in [3.8, 4) is 0 Å². The summed E-state index contributed by atoms with van der Waals surface area (Å²) in [7, 11) is 0. The molecular weight excluding hydrogens is 252 g/mol. The predicted octanol–water partition coefficient (Wildman–Crippen LogP) is 2.36. The van der Waals surface area contributed by atoms with Gasteiger partial charge in [0.1, 0.15) is 0 Å². The van der Waals surface area contributed by atoms with Crippen molar-refractivity contribution in [3.63, 3.8) is 0 Å². The van der Waals surface area contributed by atoms with Gasteiger partial charge in [0.05, 0.1) is 6.54 Å². The maximum atomic E-state index is 11.8. The zero-order valence-electron chi connectivity index (χ0n) is 11.2. The van der Waals surface area contributed by atoms with Crippen molar-refractivity contribution in [2.75, 3.05) is 11.9 Å². The van der Waals surface area contributed by atoms with Crippen LogP contribution in [-0.2, 0) is 4.79 Å². The van der Waals surface area contributed by atoms with Gasteiger partial charge in [-0.15, -0.1) is 0 Å². The second-order valence-corrected chi connectivity index (χ2v) is 4.41. The average molecular weight is 268 g/mol. The molecule has 4 nitrogen and oxygen atoms in total. The van der Waals surface area contributed by atoms with E-state index in [1.807, 2.05) is 37.3 Å². The van der Waals surface area contributed by atoms with Crippen molar-refractivity contribution < 1.29 is 9.59 Å². The lowest BCUT2D eigenvalue weighted by molar-refractivity contribution is -0.115. The van der Waals surface area contributed by atoms with Gasteiger partial charge in [-0.2, -0.15) is 0 Å². The van der Waals surface area contributed by atoms with Crippen molar-refractivity contribution in [2.45, 2.75) is 6.92 Å². The summed E-state index contributed by atoms with van der Waals surface area (Å²) in [6.07, 6.45) is 0. The van der Waals surface area contributed by atoms with Crippen LogP contribution in [0.2, 0.25) is 0 Å². The summed E-state index contributed by atoms with van der Waals surface area (Å²) < 4.78 is 0. The van der Waals surface area contributed by atoms with Gasteiger partial charge in [-0.05, 0) is 30.7 Å². The van der Waals surface area contributed by atoms with Crippen LogP contribution < -0.4 is 10.6 Å². The number of anilines is 1. The zero-order chi connectivity index (χ0) is 14.4.